The summed E-state index contributed by atoms with van der Waals surface area (Å²) in [6, 6.07) is 2.79. The Hall–Kier alpha value is -2.77. The van der Waals surface area contributed by atoms with Crippen LogP contribution >= 0.6 is 0 Å². The first kappa shape index (κ1) is 16.1. The molecule has 1 aliphatic heterocycles. The molecule has 0 radical (unpaired) electrons. The van der Waals surface area contributed by atoms with Crippen molar-refractivity contribution in [2.45, 2.75) is 19.8 Å². The molecule has 1 unspecified atom stereocenters. The Kier molecular flexibility index (Phi) is 4.54. The minimum absolute atomic E-state index is 0.0223. The number of carbonyl (C=O) groups excluding carboxylic acids is 2. The molecule has 1 fully saturated rings. The fourth-order valence-corrected chi connectivity index (χ4v) is 2.77. The van der Waals surface area contributed by atoms with Crippen LogP contribution in [0, 0.1) is 11.7 Å². The third-order valence-electron chi connectivity index (χ3n) is 4.04. The zero-order valence-corrected chi connectivity index (χ0v) is 13.3. The predicted octanol–water partition coefficient (Wildman–Crippen LogP) is 1.60. The fraction of sp³-hybridized carbons (Fsp3) is 0.375. The van der Waals surface area contributed by atoms with Gasteiger partial charge in [-0.1, -0.05) is 0 Å². The summed E-state index contributed by atoms with van der Waals surface area (Å²) in [6.07, 6.45) is 5.96. The first-order chi connectivity index (χ1) is 11.5. The van der Waals surface area contributed by atoms with Gasteiger partial charge in [0.15, 0.2) is 11.6 Å². The number of carbonyl (C=O) groups is 2. The van der Waals surface area contributed by atoms with E-state index in [4.69, 9.17) is 0 Å². The quantitative estimate of drug-likeness (QED) is 0.926. The lowest BCUT2D eigenvalue weighted by Gasteiger charge is -2.31. The van der Waals surface area contributed by atoms with E-state index >= 15 is 0 Å². The third kappa shape index (κ3) is 3.42. The van der Waals surface area contributed by atoms with Crippen LogP contribution in [-0.2, 0) is 9.59 Å². The molecule has 1 atom stereocenters. The van der Waals surface area contributed by atoms with Crippen molar-refractivity contribution in [1.29, 1.82) is 0 Å². The zero-order chi connectivity index (χ0) is 17.1. The lowest BCUT2D eigenvalue weighted by molar-refractivity contribution is -0.132. The van der Waals surface area contributed by atoms with Gasteiger partial charge in [0.2, 0.25) is 11.8 Å². The molecule has 7 nitrogen and oxygen atoms in total. The van der Waals surface area contributed by atoms with Crippen LogP contribution in [0.3, 0.4) is 0 Å². The molecule has 126 valence electrons. The van der Waals surface area contributed by atoms with Gasteiger partial charge in [0.05, 0.1) is 24.0 Å². The van der Waals surface area contributed by atoms with E-state index in [2.05, 4.69) is 15.4 Å². The molecule has 0 aromatic carbocycles. The minimum Gasteiger partial charge on any atom is -0.342 e. The van der Waals surface area contributed by atoms with Gasteiger partial charge in [-0.3, -0.25) is 9.59 Å². The van der Waals surface area contributed by atoms with Gasteiger partial charge < -0.3 is 10.2 Å². The Morgan fingerprint density at radius 1 is 1.42 bits per heavy atom. The van der Waals surface area contributed by atoms with E-state index in [1.165, 1.54) is 42.3 Å². The van der Waals surface area contributed by atoms with Crippen molar-refractivity contribution in [1.82, 2.24) is 19.7 Å². The van der Waals surface area contributed by atoms with E-state index in [0.717, 1.165) is 12.8 Å². The van der Waals surface area contributed by atoms with E-state index in [1.54, 1.807) is 4.90 Å². The molecule has 2 aromatic heterocycles. The van der Waals surface area contributed by atoms with Crippen LogP contribution in [0.2, 0.25) is 0 Å². The molecule has 1 N–H and O–H groups in total. The molecule has 1 aliphatic rings. The summed E-state index contributed by atoms with van der Waals surface area (Å²) in [6.45, 7) is 2.62. The molecule has 3 rings (SSSR count). The van der Waals surface area contributed by atoms with E-state index < -0.39 is 5.82 Å². The summed E-state index contributed by atoms with van der Waals surface area (Å²) < 4.78 is 15.0. The fourth-order valence-electron chi connectivity index (χ4n) is 2.77. The molecule has 0 bridgehead atoms. The molecular formula is C16H18FN5O2. The standard InChI is InChI=1S/C16H18FN5O2/c1-11(23)21-7-3-4-12(9-21)16(24)20-13-8-19-22(10-13)15-14(17)5-2-6-18-15/h2,5-6,8,10,12H,3-4,7,9H2,1H3,(H,20,24). The van der Waals surface area contributed by atoms with Crippen LogP contribution in [0.1, 0.15) is 19.8 Å². The number of hydrogen-bond acceptors (Lipinski definition) is 4. The molecular weight excluding hydrogens is 313 g/mol. The number of anilines is 1. The van der Waals surface area contributed by atoms with Crippen molar-refractivity contribution in [2.75, 3.05) is 18.4 Å². The number of pyridine rings is 1. The summed E-state index contributed by atoms with van der Waals surface area (Å²) in [4.78, 5) is 29.4. The first-order valence-corrected chi connectivity index (χ1v) is 7.76. The van der Waals surface area contributed by atoms with Crippen LogP contribution < -0.4 is 5.32 Å². The lowest BCUT2D eigenvalue weighted by Crippen LogP contribution is -2.42. The van der Waals surface area contributed by atoms with Crippen LogP contribution in [0.15, 0.2) is 30.7 Å². The monoisotopic (exact) mass is 331 g/mol. The number of aromatic nitrogens is 3. The minimum atomic E-state index is -0.497. The van der Waals surface area contributed by atoms with Gasteiger partial charge in [-0.05, 0) is 25.0 Å². The van der Waals surface area contributed by atoms with E-state index in [9.17, 15) is 14.0 Å². The van der Waals surface area contributed by atoms with Gasteiger partial charge in [0.1, 0.15) is 0 Å². The normalized spacial score (nSPS) is 17.6. The van der Waals surface area contributed by atoms with E-state index in [0.29, 0.717) is 18.8 Å². The van der Waals surface area contributed by atoms with Gasteiger partial charge in [-0.2, -0.15) is 5.10 Å². The maximum Gasteiger partial charge on any atom is 0.229 e. The van der Waals surface area contributed by atoms with Crippen molar-refractivity contribution < 1.29 is 14.0 Å². The Morgan fingerprint density at radius 3 is 3.00 bits per heavy atom. The lowest BCUT2D eigenvalue weighted by atomic mass is 9.97. The molecule has 0 spiro atoms. The maximum atomic E-state index is 13.7. The highest BCUT2D eigenvalue weighted by molar-refractivity contribution is 5.92. The summed E-state index contributed by atoms with van der Waals surface area (Å²) in [5.74, 6) is -0.869. The van der Waals surface area contributed by atoms with Crippen LogP contribution in [0.25, 0.3) is 5.82 Å². The number of halogens is 1. The molecule has 2 aromatic rings. The topological polar surface area (TPSA) is 80.1 Å². The maximum absolute atomic E-state index is 13.7. The molecule has 24 heavy (non-hydrogen) atoms. The third-order valence-corrected chi connectivity index (χ3v) is 4.04. The second-order valence-electron chi connectivity index (χ2n) is 5.78. The van der Waals surface area contributed by atoms with Crippen molar-refractivity contribution in [3.05, 3.63) is 36.5 Å². The van der Waals surface area contributed by atoms with Crippen molar-refractivity contribution in [3.63, 3.8) is 0 Å². The van der Waals surface area contributed by atoms with Crippen LogP contribution in [0.5, 0.6) is 0 Å². The van der Waals surface area contributed by atoms with E-state index in [1.807, 2.05) is 0 Å². The molecule has 0 saturated carbocycles. The van der Waals surface area contributed by atoms with E-state index in [-0.39, 0.29) is 23.6 Å². The van der Waals surface area contributed by atoms with Gasteiger partial charge in [0, 0.05) is 26.2 Å². The number of nitrogens with zero attached hydrogens (tertiary/aromatic N) is 4. The molecule has 0 aliphatic carbocycles. The van der Waals surface area contributed by atoms with Gasteiger partial charge in [0.25, 0.3) is 0 Å². The average Bonchev–Trinajstić information content (AvgIpc) is 3.03. The number of rotatable bonds is 3. The summed E-state index contributed by atoms with van der Waals surface area (Å²) in [7, 11) is 0. The first-order valence-electron chi connectivity index (χ1n) is 7.76. The Bertz CT molecular complexity index is 760. The summed E-state index contributed by atoms with van der Waals surface area (Å²) in [5.41, 5.74) is 0.463. The summed E-state index contributed by atoms with van der Waals surface area (Å²) >= 11 is 0. The SMILES string of the molecule is CC(=O)N1CCCC(C(=O)Nc2cnn(-c3ncccc3F)c2)C1. The molecule has 1 saturated heterocycles. The van der Waals surface area contributed by atoms with Gasteiger partial charge >= 0.3 is 0 Å². The van der Waals surface area contributed by atoms with Crippen molar-refractivity contribution >= 4 is 17.5 Å². The number of hydrogen-bond donors (Lipinski definition) is 1. The second-order valence-corrected chi connectivity index (χ2v) is 5.78. The second kappa shape index (κ2) is 6.77. The van der Waals surface area contributed by atoms with Gasteiger partial charge in [-0.25, -0.2) is 14.1 Å². The summed E-state index contributed by atoms with van der Waals surface area (Å²) in [5, 5.41) is 6.79. The van der Waals surface area contributed by atoms with Gasteiger partial charge in [-0.15, -0.1) is 0 Å². The van der Waals surface area contributed by atoms with Crippen LogP contribution in [-0.4, -0.2) is 44.6 Å². The smallest absolute Gasteiger partial charge is 0.229 e. The highest BCUT2D eigenvalue weighted by Gasteiger charge is 2.27. The van der Waals surface area contributed by atoms with Crippen LogP contribution in [0.4, 0.5) is 10.1 Å². The number of likely N-dealkylation sites (tertiary alicyclic amines) is 1. The highest BCUT2D eigenvalue weighted by Crippen LogP contribution is 2.19. The Balaban J connectivity index is 1.67. The van der Waals surface area contributed by atoms with Crippen molar-refractivity contribution in [2.24, 2.45) is 5.92 Å². The number of nitrogens with one attached hydrogen (secondary N) is 1. The molecule has 8 heteroatoms. The Labute approximate surface area is 138 Å². The molecule has 2 amide bonds. The Morgan fingerprint density at radius 2 is 2.25 bits per heavy atom. The molecule has 3 heterocycles. The van der Waals surface area contributed by atoms with Crippen molar-refractivity contribution in [3.8, 4) is 5.82 Å². The average molecular weight is 331 g/mol. The number of amides is 2. The zero-order valence-electron chi connectivity index (χ0n) is 13.3. The predicted molar refractivity (Wildman–Crippen MR) is 84.9 cm³/mol. The highest BCUT2D eigenvalue weighted by atomic mass is 19.1. The largest absolute Gasteiger partial charge is 0.342 e. The number of piperidine rings is 1.